The summed E-state index contributed by atoms with van der Waals surface area (Å²) in [5.74, 6) is -1.07. The number of oxime groups is 1. The maximum absolute atomic E-state index is 12.7. The number of nitrogens with zero attached hydrogens (tertiary/aromatic N) is 3. The lowest BCUT2D eigenvalue weighted by Crippen LogP contribution is -2.49. The molecular formula is C27H34N4O7S. The van der Waals surface area contributed by atoms with Gasteiger partial charge in [0.1, 0.15) is 0 Å². The third kappa shape index (κ3) is 5.30. The first-order chi connectivity index (χ1) is 18.6. The SMILES string of the molecule is Cc1cnc(NC(=O)CC[C@H]2CC[C@@]3(C)CCC4C5C(=CC(O)=C([N+](=O)[O-])C5=NOCC(=O)O)CCC4C23)s1. The number of aryl methyl sites for hydroxylation is 1. The van der Waals surface area contributed by atoms with Gasteiger partial charge in [-0.05, 0) is 87.0 Å². The van der Waals surface area contributed by atoms with Gasteiger partial charge < -0.3 is 20.4 Å². The fraction of sp³-hybridized carbons (Fsp3) is 0.630. The first kappa shape index (κ1) is 27.3. The van der Waals surface area contributed by atoms with Gasteiger partial charge in [0.25, 0.3) is 0 Å². The van der Waals surface area contributed by atoms with Crippen molar-refractivity contribution in [2.75, 3.05) is 11.9 Å². The number of rotatable bonds is 8. The number of hydrogen-bond donors (Lipinski definition) is 3. The average molecular weight is 559 g/mol. The summed E-state index contributed by atoms with van der Waals surface area (Å²) >= 11 is 1.45. The van der Waals surface area contributed by atoms with Crippen molar-refractivity contribution in [3.63, 3.8) is 0 Å². The lowest BCUT2D eigenvalue weighted by atomic mass is 9.51. The van der Waals surface area contributed by atoms with Crippen LogP contribution in [0.1, 0.15) is 63.2 Å². The number of anilines is 1. The zero-order valence-corrected chi connectivity index (χ0v) is 22.9. The van der Waals surface area contributed by atoms with E-state index < -0.39 is 34.9 Å². The molecule has 11 nitrogen and oxygen atoms in total. The van der Waals surface area contributed by atoms with Gasteiger partial charge in [-0.2, -0.15) is 0 Å². The van der Waals surface area contributed by atoms with Crippen LogP contribution in [-0.2, 0) is 14.4 Å². The fourth-order valence-corrected chi connectivity index (χ4v) is 8.56. The molecule has 0 aliphatic heterocycles. The molecule has 6 atom stereocenters. The first-order valence-corrected chi connectivity index (χ1v) is 14.3. The standard InChI is InChI=1S/C27H34N4O7S/c1-14-12-28-26(39-14)29-20(33)6-4-15-7-9-27(2)10-8-17-18(23(15)27)5-3-16-11-19(32)25(31(36)37)24(22(16)17)30-38-13-21(34)35/h11-12,15,17-18,22-23,32H,3-10,13H2,1-2H3,(H,34,35)(H,28,29,33)/t15-,17?,18?,22?,23?,27-/m0/s1. The highest BCUT2D eigenvalue weighted by molar-refractivity contribution is 7.15. The van der Waals surface area contributed by atoms with Crippen LogP contribution in [0.3, 0.4) is 0 Å². The van der Waals surface area contributed by atoms with Gasteiger partial charge in [-0.15, -0.1) is 11.3 Å². The van der Waals surface area contributed by atoms with E-state index in [1.165, 1.54) is 17.4 Å². The molecule has 4 unspecified atom stereocenters. The average Bonchev–Trinajstić information content (AvgIpc) is 3.43. The number of aliphatic carboxylic acids is 1. The van der Waals surface area contributed by atoms with Crippen molar-refractivity contribution in [3.8, 4) is 0 Å². The molecule has 5 rings (SSSR count). The summed E-state index contributed by atoms with van der Waals surface area (Å²) in [7, 11) is 0. The molecule has 12 heteroatoms. The largest absolute Gasteiger partial charge is 0.502 e. The molecule has 0 bridgehead atoms. The van der Waals surface area contributed by atoms with Crippen LogP contribution in [0.15, 0.2) is 34.5 Å². The molecule has 0 saturated heterocycles. The Balaban J connectivity index is 1.37. The van der Waals surface area contributed by atoms with Crippen LogP contribution >= 0.6 is 11.3 Å². The lowest BCUT2D eigenvalue weighted by molar-refractivity contribution is -0.418. The van der Waals surface area contributed by atoms with Gasteiger partial charge in [-0.3, -0.25) is 14.9 Å². The molecule has 39 heavy (non-hydrogen) atoms. The number of carboxylic acid groups (broad SMARTS) is 1. The van der Waals surface area contributed by atoms with E-state index in [2.05, 4.69) is 22.4 Å². The number of nitro groups is 1. The van der Waals surface area contributed by atoms with Crippen LogP contribution < -0.4 is 5.32 Å². The number of fused-ring (bicyclic) bond motifs is 5. The van der Waals surface area contributed by atoms with Crippen molar-refractivity contribution in [1.29, 1.82) is 0 Å². The Kier molecular flexibility index (Phi) is 7.49. The number of carbonyl (C=O) groups excluding carboxylic acids is 1. The van der Waals surface area contributed by atoms with Gasteiger partial charge in [-0.1, -0.05) is 17.7 Å². The third-order valence-corrected chi connectivity index (χ3v) is 10.1. The molecule has 1 amide bonds. The molecule has 1 heterocycles. The van der Waals surface area contributed by atoms with E-state index in [1.807, 2.05) is 6.92 Å². The van der Waals surface area contributed by atoms with Crippen molar-refractivity contribution in [1.82, 2.24) is 4.98 Å². The Morgan fingerprint density at radius 3 is 2.77 bits per heavy atom. The van der Waals surface area contributed by atoms with Crippen molar-refractivity contribution < 1.29 is 29.6 Å². The maximum Gasteiger partial charge on any atom is 0.344 e. The number of aliphatic hydroxyl groups is 1. The van der Waals surface area contributed by atoms with Gasteiger partial charge in [0.15, 0.2) is 16.6 Å². The fourth-order valence-electron chi connectivity index (χ4n) is 7.88. The van der Waals surface area contributed by atoms with Crippen LogP contribution in [0.4, 0.5) is 5.13 Å². The second kappa shape index (κ2) is 10.7. The molecule has 3 fully saturated rings. The first-order valence-electron chi connectivity index (χ1n) is 13.5. The molecule has 1 aromatic rings. The zero-order chi connectivity index (χ0) is 27.9. The molecule has 1 aromatic heterocycles. The Labute approximate surface area is 230 Å². The summed E-state index contributed by atoms with van der Waals surface area (Å²) < 4.78 is 0. The molecule has 3 N–H and O–H groups in total. The summed E-state index contributed by atoms with van der Waals surface area (Å²) in [6.45, 7) is 3.57. The van der Waals surface area contributed by atoms with E-state index in [1.54, 1.807) is 6.20 Å². The van der Waals surface area contributed by atoms with Crippen molar-refractivity contribution >= 4 is 34.1 Å². The van der Waals surface area contributed by atoms with Crippen LogP contribution in [0.25, 0.3) is 0 Å². The predicted molar refractivity (Wildman–Crippen MR) is 144 cm³/mol. The minimum atomic E-state index is -1.24. The van der Waals surface area contributed by atoms with E-state index in [0.29, 0.717) is 29.8 Å². The van der Waals surface area contributed by atoms with Crippen molar-refractivity contribution in [2.24, 2.45) is 40.2 Å². The van der Waals surface area contributed by atoms with Gasteiger partial charge >= 0.3 is 11.7 Å². The van der Waals surface area contributed by atoms with Crippen molar-refractivity contribution in [3.05, 3.63) is 44.3 Å². The molecule has 3 saturated carbocycles. The number of carboxylic acids is 1. The summed E-state index contributed by atoms with van der Waals surface area (Å²) in [5, 5.41) is 38.9. The lowest BCUT2D eigenvalue weighted by Gasteiger charge is -2.53. The topological polar surface area (TPSA) is 164 Å². The highest BCUT2D eigenvalue weighted by Gasteiger charge is 2.57. The Morgan fingerprint density at radius 1 is 1.31 bits per heavy atom. The molecule has 4 aliphatic rings. The van der Waals surface area contributed by atoms with Gasteiger partial charge in [0.2, 0.25) is 12.5 Å². The Bertz CT molecular complexity index is 1270. The second-order valence-corrected chi connectivity index (χ2v) is 12.8. The van der Waals surface area contributed by atoms with Crippen LogP contribution in [0, 0.1) is 52.0 Å². The van der Waals surface area contributed by atoms with Crippen molar-refractivity contribution in [2.45, 2.75) is 65.2 Å². The molecular weight excluding hydrogens is 524 g/mol. The highest BCUT2D eigenvalue weighted by atomic mass is 32.1. The maximum atomic E-state index is 12.7. The highest BCUT2D eigenvalue weighted by Crippen LogP contribution is 2.64. The van der Waals surface area contributed by atoms with E-state index in [4.69, 9.17) is 9.94 Å². The van der Waals surface area contributed by atoms with E-state index in [0.717, 1.165) is 49.0 Å². The number of nitrogens with one attached hydrogen (secondary N) is 1. The second-order valence-electron chi connectivity index (χ2n) is 11.6. The molecule has 4 aliphatic carbocycles. The summed E-state index contributed by atoms with van der Waals surface area (Å²) in [6, 6.07) is 0. The Morgan fingerprint density at radius 2 is 2.08 bits per heavy atom. The number of carbonyl (C=O) groups is 2. The molecule has 0 spiro atoms. The number of aromatic nitrogens is 1. The van der Waals surface area contributed by atoms with E-state index in [-0.39, 0.29) is 28.9 Å². The minimum absolute atomic E-state index is 0.0159. The zero-order valence-electron chi connectivity index (χ0n) is 22.1. The predicted octanol–water partition coefficient (Wildman–Crippen LogP) is 5.08. The molecule has 210 valence electrons. The number of amides is 1. The smallest absolute Gasteiger partial charge is 0.344 e. The number of hydrogen-bond acceptors (Lipinski definition) is 9. The van der Waals surface area contributed by atoms with Gasteiger partial charge in [0.05, 0.1) is 4.92 Å². The number of thiazole rings is 1. The van der Waals surface area contributed by atoms with Crippen LogP contribution in [0.2, 0.25) is 0 Å². The van der Waals surface area contributed by atoms with E-state index in [9.17, 15) is 24.8 Å². The molecule has 0 aromatic carbocycles. The number of allylic oxidation sites excluding steroid dienone is 3. The summed E-state index contributed by atoms with van der Waals surface area (Å²) in [6.07, 6.45) is 9.97. The number of aliphatic hydroxyl groups excluding tert-OH is 1. The minimum Gasteiger partial charge on any atom is -0.502 e. The third-order valence-electron chi connectivity index (χ3n) is 9.30. The quantitative estimate of drug-likeness (QED) is 0.293. The monoisotopic (exact) mass is 558 g/mol. The van der Waals surface area contributed by atoms with Crippen LogP contribution in [0.5, 0.6) is 0 Å². The summed E-state index contributed by atoms with van der Waals surface area (Å²) in [5.41, 5.74) is 0.529. The van der Waals surface area contributed by atoms with Gasteiger partial charge in [0, 0.05) is 23.4 Å². The normalized spacial score (nSPS) is 32.6. The Hall–Kier alpha value is -3.28. The van der Waals surface area contributed by atoms with Crippen LogP contribution in [-0.4, -0.2) is 44.3 Å². The molecule has 0 radical (unpaired) electrons. The van der Waals surface area contributed by atoms with Gasteiger partial charge in [-0.25, -0.2) is 9.78 Å². The summed E-state index contributed by atoms with van der Waals surface area (Å²) in [4.78, 5) is 45.2. The van der Waals surface area contributed by atoms with E-state index >= 15 is 0 Å².